The predicted molar refractivity (Wildman–Crippen MR) is 105 cm³/mol. The van der Waals surface area contributed by atoms with Gasteiger partial charge in [0, 0.05) is 29.9 Å². The number of carbonyl (C=O) groups excluding carboxylic acids is 1. The van der Waals surface area contributed by atoms with Crippen molar-refractivity contribution >= 4 is 18.6 Å². The predicted octanol–water partition coefficient (Wildman–Crippen LogP) is 4.35. The Morgan fingerprint density at radius 3 is 2.56 bits per heavy atom. The van der Waals surface area contributed by atoms with E-state index in [0.29, 0.717) is 18.5 Å². The molecular formula is C20H20FN3O2S. The molecule has 0 fully saturated rings. The highest BCUT2D eigenvalue weighted by molar-refractivity contribution is 7.80. The summed E-state index contributed by atoms with van der Waals surface area (Å²) in [6, 6.07) is 9.83. The maximum Gasteiger partial charge on any atom is 0.307 e. The molecule has 3 rings (SSSR count). The summed E-state index contributed by atoms with van der Waals surface area (Å²) in [5.41, 5.74) is 3.11. The quantitative estimate of drug-likeness (QED) is 0.485. The Kier molecular flexibility index (Phi) is 6.24. The molecule has 2 heterocycles. The van der Waals surface area contributed by atoms with Gasteiger partial charge in [-0.3, -0.25) is 14.3 Å². The van der Waals surface area contributed by atoms with Crippen molar-refractivity contribution in [1.82, 2.24) is 14.5 Å². The van der Waals surface area contributed by atoms with Crippen molar-refractivity contribution < 1.29 is 13.9 Å². The van der Waals surface area contributed by atoms with Crippen LogP contribution < -0.4 is 0 Å². The molecule has 0 aliphatic heterocycles. The van der Waals surface area contributed by atoms with E-state index >= 15 is 0 Å². The number of carbonyl (C=O) groups is 1. The summed E-state index contributed by atoms with van der Waals surface area (Å²) >= 11 is 4.27. The fourth-order valence-electron chi connectivity index (χ4n) is 2.65. The molecule has 0 aliphatic rings. The summed E-state index contributed by atoms with van der Waals surface area (Å²) in [5.74, 6) is -0.609. The Morgan fingerprint density at radius 2 is 1.89 bits per heavy atom. The van der Waals surface area contributed by atoms with E-state index in [1.165, 1.54) is 12.1 Å². The topological polar surface area (TPSA) is 57.0 Å². The zero-order chi connectivity index (χ0) is 19.2. The molecule has 140 valence electrons. The molecule has 0 saturated carbocycles. The molecular weight excluding hydrogens is 365 g/mol. The third kappa shape index (κ3) is 4.95. The van der Waals surface area contributed by atoms with Crippen LogP contribution in [-0.2, 0) is 16.3 Å². The van der Waals surface area contributed by atoms with E-state index in [2.05, 4.69) is 22.6 Å². The van der Waals surface area contributed by atoms with Gasteiger partial charge in [0.15, 0.2) is 6.73 Å². The fourth-order valence-corrected chi connectivity index (χ4v) is 2.78. The molecule has 1 aromatic carbocycles. The number of benzene rings is 1. The van der Waals surface area contributed by atoms with Crippen molar-refractivity contribution in [3.05, 3.63) is 60.9 Å². The second-order valence-electron chi connectivity index (χ2n) is 6.19. The normalized spacial score (nSPS) is 12.0. The van der Waals surface area contributed by atoms with Crippen molar-refractivity contribution in [2.75, 3.05) is 0 Å². The number of imidazole rings is 1. The van der Waals surface area contributed by atoms with Crippen LogP contribution in [-0.4, -0.2) is 25.8 Å². The van der Waals surface area contributed by atoms with Gasteiger partial charge in [-0.15, -0.1) is 0 Å². The number of hydrogen-bond donors (Lipinski definition) is 1. The van der Waals surface area contributed by atoms with E-state index in [-0.39, 0.29) is 23.8 Å². The number of nitrogens with zero attached hydrogens (tertiary/aromatic N) is 3. The highest BCUT2D eigenvalue weighted by Crippen LogP contribution is 2.31. The summed E-state index contributed by atoms with van der Waals surface area (Å²) in [7, 11) is 0. The van der Waals surface area contributed by atoms with Crippen LogP contribution in [0.3, 0.4) is 0 Å². The van der Waals surface area contributed by atoms with Crippen LogP contribution in [0.15, 0.2) is 55.1 Å². The number of ether oxygens (including phenoxy) is 1. The first-order valence-electron chi connectivity index (χ1n) is 8.59. The number of esters is 1. The molecule has 0 radical (unpaired) electrons. The van der Waals surface area contributed by atoms with Gasteiger partial charge >= 0.3 is 5.97 Å². The number of halogens is 1. The van der Waals surface area contributed by atoms with Gasteiger partial charge in [-0.25, -0.2) is 9.37 Å². The second kappa shape index (κ2) is 8.81. The molecule has 3 aromatic rings. The largest absolute Gasteiger partial charge is 0.444 e. The first kappa shape index (κ1) is 19.1. The monoisotopic (exact) mass is 385 g/mol. The lowest BCUT2D eigenvalue weighted by atomic mass is 10.1. The molecule has 0 bridgehead atoms. The smallest absolute Gasteiger partial charge is 0.307 e. The van der Waals surface area contributed by atoms with Crippen LogP contribution in [0.25, 0.3) is 22.5 Å². The van der Waals surface area contributed by atoms with E-state index in [4.69, 9.17) is 4.74 Å². The number of hydrogen-bond acceptors (Lipinski definition) is 5. The fraction of sp³-hybridized carbons (Fsp3) is 0.250. The minimum Gasteiger partial charge on any atom is -0.444 e. The summed E-state index contributed by atoms with van der Waals surface area (Å²) in [5, 5.41) is 0.138. The Labute approximate surface area is 162 Å². The van der Waals surface area contributed by atoms with Crippen LogP contribution in [0.1, 0.15) is 19.8 Å². The lowest BCUT2D eigenvalue weighted by Gasteiger charge is -2.12. The first-order valence-corrected chi connectivity index (χ1v) is 9.11. The standard InChI is InChI=1S/C20H20FN3O2S/c1-14(27)2-7-18(25)26-13-24-12-23-19(15-8-10-22-11-9-15)20(24)16-3-5-17(21)6-4-16/h3-6,8-12,14,27H,2,7,13H2,1H3. The van der Waals surface area contributed by atoms with Gasteiger partial charge < -0.3 is 4.74 Å². The van der Waals surface area contributed by atoms with Crippen molar-refractivity contribution in [2.24, 2.45) is 0 Å². The lowest BCUT2D eigenvalue weighted by molar-refractivity contribution is -0.147. The van der Waals surface area contributed by atoms with Gasteiger partial charge in [-0.1, -0.05) is 6.92 Å². The van der Waals surface area contributed by atoms with E-state index < -0.39 is 0 Å². The number of aromatic nitrogens is 3. The Bertz CT molecular complexity index is 895. The van der Waals surface area contributed by atoms with E-state index in [1.54, 1.807) is 35.4 Å². The second-order valence-corrected chi connectivity index (χ2v) is 7.07. The Balaban J connectivity index is 1.89. The number of rotatable bonds is 7. The molecule has 2 aromatic heterocycles. The van der Waals surface area contributed by atoms with Gasteiger partial charge in [-0.2, -0.15) is 12.6 Å². The van der Waals surface area contributed by atoms with Crippen LogP contribution in [0, 0.1) is 5.82 Å². The van der Waals surface area contributed by atoms with Gasteiger partial charge in [0.05, 0.1) is 17.7 Å². The molecule has 27 heavy (non-hydrogen) atoms. The van der Waals surface area contributed by atoms with Crippen molar-refractivity contribution in [3.63, 3.8) is 0 Å². The summed E-state index contributed by atoms with van der Waals surface area (Å²) in [6.07, 6.45) is 5.94. The maximum atomic E-state index is 13.3. The SMILES string of the molecule is CC(S)CCC(=O)OCn1cnc(-c2ccncc2)c1-c1ccc(F)cc1. The van der Waals surface area contributed by atoms with Gasteiger partial charge in [0.2, 0.25) is 0 Å². The first-order chi connectivity index (χ1) is 13.0. The van der Waals surface area contributed by atoms with Gasteiger partial charge in [-0.05, 0) is 48.1 Å². The van der Waals surface area contributed by atoms with Crippen molar-refractivity contribution in [2.45, 2.75) is 31.7 Å². The minimum atomic E-state index is -0.317. The van der Waals surface area contributed by atoms with Crippen LogP contribution in [0.5, 0.6) is 0 Å². The summed E-state index contributed by atoms with van der Waals surface area (Å²) in [4.78, 5) is 20.4. The molecule has 1 unspecified atom stereocenters. The Morgan fingerprint density at radius 1 is 1.19 bits per heavy atom. The third-order valence-electron chi connectivity index (χ3n) is 4.04. The summed E-state index contributed by atoms with van der Waals surface area (Å²) in [6.45, 7) is 1.96. The Hall–Kier alpha value is -2.67. The molecule has 0 spiro atoms. The van der Waals surface area contributed by atoms with E-state index in [9.17, 15) is 9.18 Å². The maximum absolute atomic E-state index is 13.3. The average molecular weight is 385 g/mol. The molecule has 1 atom stereocenters. The molecule has 0 N–H and O–H groups in total. The van der Waals surface area contributed by atoms with Gasteiger partial charge in [0.25, 0.3) is 0 Å². The van der Waals surface area contributed by atoms with Crippen molar-refractivity contribution in [3.8, 4) is 22.5 Å². The van der Waals surface area contributed by atoms with Crippen molar-refractivity contribution in [1.29, 1.82) is 0 Å². The van der Waals surface area contributed by atoms with Gasteiger partial charge in [0.1, 0.15) is 5.82 Å². The zero-order valence-electron chi connectivity index (χ0n) is 14.9. The molecule has 5 nitrogen and oxygen atoms in total. The van der Waals surface area contributed by atoms with Crippen LogP contribution in [0.2, 0.25) is 0 Å². The van der Waals surface area contributed by atoms with E-state index in [1.807, 2.05) is 19.1 Å². The highest BCUT2D eigenvalue weighted by atomic mass is 32.1. The number of thiol groups is 1. The lowest BCUT2D eigenvalue weighted by Crippen LogP contribution is -2.11. The summed E-state index contributed by atoms with van der Waals surface area (Å²) < 4.78 is 20.5. The molecule has 0 aliphatic carbocycles. The number of pyridine rings is 1. The minimum absolute atomic E-state index is 0.0323. The zero-order valence-corrected chi connectivity index (χ0v) is 15.8. The molecule has 0 amide bonds. The van der Waals surface area contributed by atoms with E-state index in [0.717, 1.165) is 16.8 Å². The average Bonchev–Trinajstić information content (AvgIpc) is 3.10. The van der Waals surface area contributed by atoms with Crippen LogP contribution in [0.4, 0.5) is 4.39 Å². The molecule has 0 saturated heterocycles. The molecule has 7 heteroatoms. The third-order valence-corrected chi connectivity index (χ3v) is 4.30. The highest BCUT2D eigenvalue weighted by Gasteiger charge is 2.16. The van der Waals surface area contributed by atoms with Crippen LogP contribution >= 0.6 is 12.6 Å².